The third-order valence-electron chi connectivity index (χ3n) is 13.7. The predicted molar refractivity (Wildman–Crippen MR) is 281 cm³/mol. The minimum absolute atomic E-state index is 0.142. The van der Waals surface area contributed by atoms with Gasteiger partial charge in [0.05, 0.1) is 22.4 Å². The van der Waals surface area contributed by atoms with Crippen LogP contribution in [0.4, 0.5) is 11.4 Å². The number of thiophene rings is 1. The zero-order valence-corrected chi connectivity index (χ0v) is 37.8. The predicted octanol–water partition coefficient (Wildman–Crippen LogP) is 13.9. The number of nitrogens with zero attached hydrogens (tertiary/aromatic N) is 3. The molecule has 13 rings (SSSR count). The standard InChI is InChI=1S/C59H47N7S/c1-36-61-50-26-8-12-30-54(50)65(36)51-27-9-4-20-44(51)43-19-3-2-18-42(43)40-33-39(34-41(60)35-40)37-16-14-17-38(32-37)57-62-58(49-25-15-24-48-47-23-7-13-31-55(47)67-56(48)49)64-59(63-57)66-52-28-10-5-21-45(52)46-22-6-11-29-53(46)66/h2-7,9-25,27-36,58-59,61,64H,8,26,60H2,1H3,(H,62,63). The average Bonchev–Trinajstić information content (AvgIpc) is 4.05. The summed E-state index contributed by atoms with van der Waals surface area (Å²) in [6, 6.07) is 65.4. The second kappa shape index (κ2) is 15.9. The highest BCUT2D eigenvalue weighted by Crippen LogP contribution is 2.44. The molecule has 0 spiro atoms. The zero-order chi connectivity index (χ0) is 44.6. The number of benzene rings is 8. The van der Waals surface area contributed by atoms with Crippen molar-refractivity contribution in [3.63, 3.8) is 0 Å². The Balaban J connectivity index is 0.918. The molecule has 67 heavy (non-hydrogen) atoms. The number of nitrogens with one attached hydrogen (secondary N) is 3. The molecule has 0 saturated heterocycles. The molecule has 0 fully saturated rings. The lowest BCUT2D eigenvalue weighted by molar-refractivity contribution is 0.343. The van der Waals surface area contributed by atoms with E-state index in [1.165, 1.54) is 59.2 Å². The van der Waals surface area contributed by atoms with Gasteiger partial charge in [0, 0.05) is 59.0 Å². The maximum atomic E-state index is 6.87. The molecular weight excluding hydrogens is 839 g/mol. The van der Waals surface area contributed by atoms with Crippen LogP contribution in [0.1, 0.15) is 43.3 Å². The molecule has 0 saturated carbocycles. The quantitative estimate of drug-likeness (QED) is 0.120. The Morgan fingerprint density at radius 3 is 2.09 bits per heavy atom. The van der Waals surface area contributed by atoms with Gasteiger partial charge in [0.2, 0.25) is 0 Å². The fourth-order valence-corrected chi connectivity index (χ4v) is 12.0. The summed E-state index contributed by atoms with van der Waals surface area (Å²) in [5.41, 5.74) is 22.4. The van der Waals surface area contributed by atoms with E-state index in [9.17, 15) is 0 Å². The highest BCUT2D eigenvalue weighted by Gasteiger charge is 2.32. The smallest absolute Gasteiger partial charge is 0.184 e. The van der Waals surface area contributed by atoms with Crippen molar-refractivity contribution in [2.75, 3.05) is 10.6 Å². The normalized spacial score (nSPS) is 18.1. The van der Waals surface area contributed by atoms with Crippen LogP contribution in [-0.4, -0.2) is 16.6 Å². The van der Waals surface area contributed by atoms with Crippen molar-refractivity contribution in [2.24, 2.45) is 4.99 Å². The number of amidine groups is 1. The number of nitrogens with two attached hydrogens (primary N) is 1. The van der Waals surface area contributed by atoms with Gasteiger partial charge in [0.1, 0.15) is 18.2 Å². The van der Waals surface area contributed by atoms with Gasteiger partial charge in [-0.1, -0.05) is 140 Å². The van der Waals surface area contributed by atoms with E-state index in [1.54, 1.807) is 0 Å². The van der Waals surface area contributed by atoms with Gasteiger partial charge in [0.25, 0.3) is 0 Å². The van der Waals surface area contributed by atoms with Crippen molar-refractivity contribution in [2.45, 2.75) is 38.4 Å². The topological polar surface area (TPSA) is 82.6 Å². The average molecular weight is 886 g/mol. The molecule has 1 aliphatic carbocycles. The number of aliphatic imine (C=N–C) groups is 1. The first kappa shape index (κ1) is 39.5. The second-order valence-corrected chi connectivity index (χ2v) is 18.9. The van der Waals surface area contributed by atoms with Crippen LogP contribution in [0.25, 0.3) is 75.4 Å². The molecule has 3 atom stereocenters. The lowest BCUT2D eigenvalue weighted by Gasteiger charge is -2.33. The number of anilines is 2. The molecule has 324 valence electrons. The number of para-hydroxylation sites is 3. The molecule has 3 unspecified atom stereocenters. The maximum absolute atomic E-state index is 6.87. The Hall–Kier alpha value is -7.91. The highest BCUT2D eigenvalue weighted by molar-refractivity contribution is 7.26. The third-order valence-corrected chi connectivity index (χ3v) is 15.0. The summed E-state index contributed by atoms with van der Waals surface area (Å²) in [5.74, 6) is 0.818. The van der Waals surface area contributed by atoms with Crippen molar-refractivity contribution in [1.82, 2.24) is 20.5 Å². The fourth-order valence-electron chi connectivity index (χ4n) is 10.8. The van der Waals surface area contributed by atoms with Gasteiger partial charge >= 0.3 is 0 Å². The van der Waals surface area contributed by atoms with Crippen LogP contribution in [0.3, 0.4) is 0 Å². The van der Waals surface area contributed by atoms with E-state index in [2.05, 4.69) is 226 Å². The molecular formula is C59H47N7S. The van der Waals surface area contributed by atoms with Crippen molar-refractivity contribution in [3.05, 3.63) is 217 Å². The number of rotatable bonds is 7. The Morgan fingerprint density at radius 2 is 1.25 bits per heavy atom. The minimum Gasteiger partial charge on any atom is -0.399 e. The number of hydrogen-bond donors (Lipinski definition) is 4. The summed E-state index contributed by atoms with van der Waals surface area (Å²) >= 11 is 1.85. The molecule has 3 aliphatic rings. The van der Waals surface area contributed by atoms with Gasteiger partial charge < -0.3 is 25.8 Å². The van der Waals surface area contributed by atoms with E-state index in [-0.39, 0.29) is 12.3 Å². The molecule has 2 aromatic heterocycles. The minimum atomic E-state index is -0.408. The summed E-state index contributed by atoms with van der Waals surface area (Å²) in [6.45, 7) is 2.24. The van der Waals surface area contributed by atoms with Crippen LogP contribution in [0.2, 0.25) is 0 Å². The van der Waals surface area contributed by atoms with Crippen LogP contribution >= 0.6 is 11.3 Å². The highest BCUT2D eigenvalue weighted by atomic mass is 32.1. The number of aromatic nitrogens is 1. The number of hydrogen-bond acceptors (Lipinski definition) is 7. The summed E-state index contributed by atoms with van der Waals surface area (Å²) < 4.78 is 4.90. The fraction of sp³-hybridized carbons (Fsp3) is 0.102. The molecule has 0 amide bonds. The molecule has 8 heteroatoms. The molecule has 7 nitrogen and oxygen atoms in total. The molecule has 0 radical (unpaired) electrons. The summed E-state index contributed by atoms with van der Waals surface area (Å²) in [6.07, 6.45) is 6.15. The van der Waals surface area contributed by atoms with Gasteiger partial charge in [-0.2, -0.15) is 0 Å². The third kappa shape index (κ3) is 6.62. The van der Waals surface area contributed by atoms with E-state index in [4.69, 9.17) is 10.7 Å². The van der Waals surface area contributed by atoms with Crippen molar-refractivity contribution in [1.29, 1.82) is 0 Å². The van der Waals surface area contributed by atoms with Gasteiger partial charge in [-0.05, 0) is 102 Å². The van der Waals surface area contributed by atoms with Crippen LogP contribution in [0.15, 0.2) is 211 Å². The van der Waals surface area contributed by atoms with Crippen LogP contribution < -0.4 is 26.6 Å². The van der Waals surface area contributed by atoms with Crippen LogP contribution in [0, 0.1) is 0 Å². The second-order valence-electron chi connectivity index (χ2n) is 17.8. The molecule has 10 aromatic rings. The maximum Gasteiger partial charge on any atom is 0.184 e. The van der Waals surface area contributed by atoms with Crippen LogP contribution in [-0.2, 0) is 0 Å². The molecule has 2 aliphatic heterocycles. The first-order valence-corrected chi connectivity index (χ1v) is 24.0. The van der Waals surface area contributed by atoms with E-state index in [1.807, 2.05) is 11.3 Å². The molecule has 4 heterocycles. The lowest BCUT2D eigenvalue weighted by atomic mass is 9.91. The van der Waals surface area contributed by atoms with Crippen molar-refractivity contribution >= 4 is 70.5 Å². The molecule has 5 N–H and O–H groups in total. The number of allylic oxidation sites excluding steroid dienone is 3. The number of fused-ring (bicyclic) bond motifs is 6. The van der Waals surface area contributed by atoms with E-state index in [0.29, 0.717) is 5.69 Å². The first-order valence-electron chi connectivity index (χ1n) is 23.2. The van der Waals surface area contributed by atoms with Gasteiger partial charge in [0.15, 0.2) is 6.29 Å². The first-order chi connectivity index (χ1) is 33.0. The van der Waals surface area contributed by atoms with Crippen molar-refractivity contribution in [3.8, 4) is 33.4 Å². The van der Waals surface area contributed by atoms with Gasteiger partial charge in [-0.3, -0.25) is 5.32 Å². The van der Waals surface area contributed by atoms with Crippen molar-refractivity contribution < 1.29 is 0 Å². The SMILES string of the molecule is CC1NC2=C(C=CCC2)N1c1ccccc1-c1ccccc1-c1cc(N)cc(-c2cccc(C3=NC(n4c5ccccc5c5ccccc54)NC(c4cccc5c4sc4ccccc45)N3)c2)c1. The van der Waals surface area contributed by atoms with Gasteiger partial charge in [-0.15, -0.1) is 11.3 Å². The lowest BCUT2D eigenvalue weighted by Crippen LogP contribution is -2.46. The van der Waals surface area contributed by atoms with E-state index >= 15 is 0 Å². The summed E-state index contributed by atoms with van der Waals surface area (Å²) in [5, 5.41) is 16.6. The van der Waals surface area contributed by atoms with Crippen LogP contribution in [0.5, 0.6) is 0 Å². The molecule has 8 aromatic carbocycles. The summed E-state index contributed by atoms with van der Waals surface area (Å²) in [7, 11) is 0. The zero-order valence-electron chi connectivity index (χ0n) is 36.9. The Labute approximate surface area is 393 Å². The van der Waals surface area contributed by atoms with Gasteiger partial charge in [-0.25, -0.2) is 4.99 Å². The molecule has 0 bridgehead atoms. The Kier molecular flexibility index (Phi) is 9.37. The van der Waals surface area contributed by atoms with E-state index < -0.39 is 6.29 Å². The van der Waals surface area contributed by atoms with E-state index in [0.717, 1.165) is 63.1 Å². The Bertz CT molecular complexity index is 3650. The Morgan fingerprint density at radius 1 is 0.597 bits per heavy atom. The largest absolute Gasteiger partial charge is 0.399 e. The summed E-state index contributed by atoms with van der Waals surface area (Å²) in [4.78, 5) is 8.00. The number of nitrogen functional groups attached to an aromatic ring is 1. The monoisotopic (exact) mass is 885 g/mol.